The summed E-state index contributed by atoms with van der Waals surface area (Å²) in [5.74, 6) is 1.65. The number of carbonyl (C=O) groups excluding carboxylic acids is 2. The molecule has 0 aromatic heterocycles. The Bertz CT molecular complexity index is 1150. The third kappa shape index (κ3) is 5.60. The second kappa shape index (κ2) is 11.4. The summed E-state index contributed by atoms with van der Waals surface area (Å²) in [6.45, 7) is 4.29. The number of ketones is 1. The average molecular weight is 512 g/mol. The molecule has 0 spiro atoms. The summed E-state index contributed by atoms with van der Waals surface area (Å²) in [6, 6.07) is 15.2. The highest BCUT2D eigenvalue weighted by molar-refractivity contribution is 7.99. The van der Waals surface area contributed by atoms with Gasteiger partial charge in [0.05, 0.1) is 12.7 Å². The van der Waals surface area contributed by atoms with Crippen LogP contribution in [0.2, 0.25) is 5.02 Å². The number of carbonyl (C=O) groups is 2. The van der Waals surface area contributed by atoms with Crippen LogP contribution in [0.4, 0.5) is 0 Å². The highest BCUT2D eigenvalue weighted by Gasteiger charge is 2.41. The number of nitrogens with one attached hydrogen (secondary N) is 1. The smallest absolute Gasteiger partial charge is 0.336 e. The van der Waals surface area contributed by atoms with Crippen molar-refractivity contribution in [2.75, 3.05) is 25.2 Å². The number of ether oxygens (including phenoxy) is 2. The van der Waals surface area contributed by atoms with Crippen LogP contribution in [-0.2, 0) is 14.3 Å². The first-order chi connectivity index (χ1) is 16.9. The van der Waals surface area contributed by atoms with Crippen molar-refractivity contribution in [3.8, 4) is 5.75 Å². The molecule has 2 atom stereocenters. The minimum absolute atomic E-state index is 0.0406. The van der Waals surface area contributed by atoms with Crippen molar-refractivity contribution in [3.63, 3.8) is 0 Å². The van der Waals surface area contributed by atoms with Crippen LogP contribution in [-0.4, -0.2) is 37.0 Å². The molecule has 1 N–H and O–H groups in total. The average Bonchev–Trinajstić information content (AvgIpc) is 2.86. The van der Waals surface area contributed by atoms with Crippen LogP contribution in [0.25, 0.3) is 0 Å². The topological polar surface area (TPSA) is 64.6 Å². The van der Waals surface area contributed by atoms with Gasteiger partial charge in [0.15, 0.2) is 5.78 Å². The molecule has 0 saturated carbocycles. The minimum Gasteiger partial charge on any atom is -0.497 e. The van der Waals surface area contributed by atoms with E-state index >= 15 is 0 Å². The highest BCUT2D eigenvalue weighted by Crippen LogP contribution is 2.46. The molecule has 184 valence electrons. The highest BCUT2D eigenvalue weighted by atomic mass is 35.5. The number of methoxy groups -OCH3 is 1. The van der Waals surface area contributed by atoms with E-state index in [1.807, 2.05) is 55.5 Å². The Morgan fingerprint density at radius 2 is 1.77 bits per heavy atom. The standard InChI is InChI=1S/C28H30ClNO4S/c1-4-35-14-13-34-28(32)25-17(2)30-23-15-20(18-5-9-21(29)10-6-18)16-24(31)27(23)26(25)19-7-11-22(33-3)12-8-19/h5-12,20,26,30H,4,13-16H2,1-3H3. The van der Waals surface area contributed by atoms with Crippen molar-refractivity contribution in [2.24, 2.45) is 0 Å². The first-order valence-electron chi connectivity index (χ1n) is 11.8. The fourth-order valence-electron chi connectivity index (χ4n) is 4.83. The molecular weight excluding hydrogens is 482 g/mol. The van der Waals surface area contributed by atoms with E-state index in [2.05, 4.69) is 12.2 Å². The van der Waals surface area contributed by atoms with E-state index in [9.17, 15) is 9.59 Å². The number of esters is 1. The molecular formula is C28H30ClNO4S. The number of Topliss-reactive ketones (excluding diaryl/α,β-unsaturated/α-hetero) is 1. The molecule has 1 aliphatic heterocycles. The predicted octanol–water partition coefficient (Wildman–Crippen LogP) is 6.01. The van der Waals surface area contributed by atoms with Gasteiger partial charge in [0.25, 0.3) is 0 Å². The molecule has 35 heavy (non-hydrogen) atoms. The van der Waals surface area contributed by atoms with Gasteiger partial charge in [-0.05, 0) is 60.4 Å². The summed E-state index contributed by atoms with van der Waals surface area (Å²) < 4.78 is 11.0. The zero-order valence-electron chi connectivity index (χ0n) is 20.2. The Labute approximate surface area is 215 Å². The van der Waals surface area contributed by atoms with Crippen LogP contribution >= 0.6 is 23.4 Å². The van der Waals surface area contributed by atoms with Gasteiger partial charge in [-0.25, -0.2) is 4.79 Å². The first-order valence-corrected chi connectivity index (χ1v) is 13.3. The molecule has 0 radical (unpaired) electrons. The number of halogens is 1. The van der Waals surface area contributed by atoms with Crippen molar-refractivity contribution in [1.29, 1.82) is 0 Å². The lowest BCUT2D eigenvalue weighted by molar-refractivity contribution is -0.138. The molecule has 0 bridgehead atoms. The van der Waals surface area contributed by atoms with Gasteiger partial charge in [0.2, 0.25) is 0 Å². The molecule has 1 heterocycles. The van der Waals surface area contributed by atoms with Gasteiger partial charge in [0.1, 0.15) is 12.4 Å². The quantitative estimate of drug-likeness (QED) is 0.346. The van der Waals surface area contributed by atoms with Gasteiger partial charge < -0.3 is 14.8 Å². The molecule has 0 amide bonds. The molecule has 4 rings (SSSR count). The minimum atomic E-state index is -0.484. The number of hydrogen-bond acceptors (Lipinski definition) is 6. The van der Waals surface area contributed by atoms with Gasteiger partial charge in [-0.15, -0.1) is 0 Å². The predicted molar refractivity (Wildman–Crippen MR) is 141 cm³/mol. The number of allylic oxidation sites excluding steroid dienone is 3. The number of benzene rings is 2. The van der Waals surface area contributed by atoms with Gasteiger partial charge >= 0.3 is 5.97 Å². The fraction of sp³-hybridized carbons (Fsp3) is 0.357. The summed E-state index contributed by atoms with van der Waals surface area (Å²) in [7, 11) is 1.61. The van der Waals surface area contributed by atoms with E-state index in [4.69, 9.17) is 21.1 Å². The summed E-state index contributed by atoms with van der Waals surface area (Å²) in [6.07, 6.45) is 1.06. The maximum atomic E-state index is 13.6. The maximum Gasteiger partial charge on any atom is 0.336 e. The lowest BCUT2D eigenvalue weighted by Crippen LogP contribution is -2.36. The number of dihydropyridines is 1. The molecule has 1 aliphatic carbocycles. The van der Waals surface area contributed by atoms with Gasteiger partial charge in [0, 0.05) is 40.1 Å². The molecule has 2 unspecified atom stereocenters. The summed E-state index contributed by atoms with van der Waals surface area (Å²) in [5.41, 5.74) is 4.69. The molecule has 0 saturated heterocycles. The van der Waals surface area contributed by atoms with Crippen molar-refractivity contribution in [3.05, 3.63) is 87.2 Å². The zero-order chi connectivity index (χ0) is 24.9. The van der Waals surface area contributed by atoms with Crippen LogP contribution in [0.1, 0.15) is 49.7 Å². The van der Waals surface area contributed by atoms with Crippen molar-refractivity contribution in [1.82, 2.24) is 5.32 Å². The number of hydrogen-bond donors (Lipinski definition) is 1. The van der Waals surface area contributed by atoms with Crippen LogP contribution in [0.3, 0.4) is 0 Å². The lowest BCUT2D eigenvalue weighted by atomic mass is 9.72. The first kappa shape index (κ1) is 25.4. The maximum absolute atomic E-state index is 13.6. The molecule has 5 nitrogen and oxygen atoms in total. The van der Waals surface area contributed by atoms with Gasteiger partial charge in [-0.2, -0.15) is 11.8 Å². The van der Waals surface area contributed by atoms with Crippen molar-refractivity contribution < 1.29 is 19.1 Å². The zero-order valence-corrected chi connectivity index (χ0v) is 21.8. The molecule has 2 aliphatic rings. The normalized spacial score (nSPS) is 19.8. The lowest BCUT2D eigenvalue weighted by Gasteiger charge is -2.36. The van der Waals surface area contributed by atoms with Gasteiger partial charge in [-0.3, -0.25) is 4.79 Å². The summed E-state index contributed by atoms with van der Waals surface area (Å²) >= 11 is 7.79. The Kier molecular flexibility index (Phi) is 8.24. The number of thioether (sulfide) groups is 1. The Morgan fingerprint density at radius 3 is 2.43 bits per heavy atom. The van der Waals surface area contributed by atoms with E-state index < -0.39 is 5.92 Å². The fourth-order valence-corrected chi connectivity index (χ4v) is 5.44. The molecule has 7 heteroatoms. The van der Waals surface area contributed by atoms with E-state index in [-0.39, 0.29) is 17.7 Å². The van der Waals surface area contributed by atoms with Crippen LogP contribution < -0.4 is 10.1 Å². The SMILES string of the molecule is CCSCCOC(=O)C1=C(C)NC2=C(C(=O)CC(c3ccc(Cl)cc3)C2)C1c1ccc(OC)cc1. The van der Waals surface area contributed by atoms with E-state index in [1.165, 1.54) is 0 Å². The Balaban J connectivity index is 1.70. The monoisotopic (exact) mass is 511 g/mol. The molecule has 0 fully saturated rings. The Hall–Kier alpha value is -2.70. The van der Waals surface area contributed by atoms with Crippen LogP contribution in [0.15, 0.2) is 71.1 Å². The van der Waals surface area contributed by atoms with E-state index in [0.717, 1.165) is 39.8 Å². The number of rotatable bonds is 8. The van der Waals surface area contributed by atoms with Gasteiger partial charge in [-0.1, -0.05) is 42.8 Å². The van der Waals surface area contributed by atoms with Crippen molar-refractivity contribution >= 4 is 35.1 Å². The van der Waals surface area contributed by atoms with Crippen LogP contribution in [0, 0.1) is 0 Å². The van der Waals surface area contributed by atoms with E-state index in [0.29, 0.717) is 35.6 Å². The van der Waals surface area contributed by atoms with Crippen LogP contribution in [0.5, 0.6) is 5.75 Å². The summed E-state index contributed by atoms with van der Waals surface area (Å²) in [5, 5.41) is 4.07. The second-order valence-corrected chi connectivity index (χ2v) is 10.5. The Morgan fingerprint density at radius 1 is 1.09 bits per heavy atom. The molecule has 2 aromatic rings. The second-order valence-electron chi connectivity index (χ2n) is 8.67. The van der Waals surface area contributed by atoms with Crippen molar-refractivity contribution in [2.45, 2.75) is 38.5 Å². The van der Waals surface area contributed by atoms with E-state index in [1.54, 1.807) is 18.9 Å². The largest absolute Gasteiger partial charge is 0.497 e. The third-order valence-corrected chi connectivity index (χ3v) is 7.62. The third-order valence-electron chi connectivity index (χ3n) is 6.50. The summed E-state index contributed by atoms with van der Waals surface area (Å²) in [4.78, 5) is 26.9. The molecule has 2 aromatic carbocycles.